The largest absolute Gasteiger partial charge is 0.370 e. The van der Waals surface area contributed by atoms with Crippen molar-refractivity contribution in [2.24, 2.45) is 5.92 Å². The van der Waals surface area contributed by atoms with Crippen LogP contribution in [0.3, 0.4) is 0 Å². The van der Waals surface area contributed by atoms with Crippen molar-refractivity contribution in [3.8, 4) is 11.3 Å². The summed E-state index contributed by atoms with van der Waals surface area (Å²) >= 11 is 1.72. The van der Waals surface area contributed by atoms with Crippen molar-refractivity contribution in [1.29, 1.82) is 0 Å². The first-order valence-corrected chi connectivity index (χ1v) is 11.8. The molecule has 5 rings (SSSR count). The topological polar surface area (TPSA) is 45.2 Å². The summed E-state index contributed by atoms with van der Waals surface area (Å²) in [5, 5.41) is 5.10. The van der Waals surface area contributed by atoms with Gasteiger partial charge in [0.2, 0.25) is 5.91 Å². The molecule has 0 spiro atoms. The van der Waals surface area contributed by atoms with Crippen LogP contribution >= 0.6 is 11.3 Å². The molecule has 1 amide bonds. The summed E-state index contributed by atoms with van der Waals surface area (Å²) in [7, 11) is 0. The Morgan fingerprint density at radius 3 is 2.56 bits per heavy atom. The molecule has 6 heteroatoms. The average molecular weight is 446 g/mol. The first-order valence-electron chi connectivity index (χ1n) is 10.9. The van der Waals surface area contributed by atoms with Crippen LogP contribution in [0.4, 0.5) is 10.1 Å². The maximum Gasteiger partial charge on any atom is 0.223 e. The van der Waals surface area contributed by atoms with E-state index in [4.69, 9.17) is 4.98 Å². The van der Waals surface area contributed by atoms with E-state index in [0.29, 0.717) is 6.54 Å². The molecule has 1 aliphatic rings. The maximum absolute atomic E-state index is 13.1. The van der Waals surface area contributed by atoms with Crippen LogP contribution < -0.4 is 10.2 Å². The van der Waals surface area contributed by atoms with Crippen LogP contribution in [0.1, 0.15) is 18.4 Å². The molecule has 4 aromatic rings. The molecule has 162 valence electrons. The molecular formula is C26H24FN3OS. The molecule has 3 heterocycles. The molecule has 1 N–H and O–H groups in total. The molecule has 0 atom stereocenters. The first-order chi connectivity index (χ1) is 15.7. The van der Waals surface area contributed by atoms with Gasteiger partial charge in [0.15, 0.2) is 0 Å². The zero-order valence-corrected chi connectivity index (χ0v) is 18.4. The van der Waals surface area contributed by atoms with Crippen LogP contribution in [0, 0.1) is 11.7 Å². The number of hydrogen-bond acceptors (Lipinski definition) is 4. The van der Waals surface area contributed by atoms with Crippen LogP contribution in [0.25, 0.3) is 21.5 Å². The molecule has 32 heavy (non-hydrogen) atoms. The third kappa shape index (κ3) is 4.36. The van der Waals surface area contributed by atoms with Crippen molar-refractivity contribution in [3.63, 3.8) is 0 Å². The highest BCUT2D eigenvalue weighted by Gasteiger charge is 2.26. The summed E-state index contributed by atoms with van der Waals surface area (Å²) < 4.78 is 14.3. The highest BCUT2D eigenvalue weighted by Crippen LogP contribution is 2.36. The molecule has 0 bridgehead atoms. The Kier molecular flexibility index (Phi) is 5.86. The predicted octanol–water partition coefficient (Wildman–Crippen LogP) is 5.64. The second-order valence-corrected chi connectivity index (χ2v) is 9.05. The molecule has 1 fully saturated rings. The minimum absolute atomic E-state index is 0.000885. The number of hydrogen-bond donors (Lipinski definition) is 1. The number of carbonyl (C=O) groups is 1. The molecule has 0 radical (unpaired) electrons. The summed E-state index contributed by atoms with van der Waals surface area (Å²) in [5.41, 5.74) is 5.21. The van der Waals surface area contributed by atoms with Crippen molar-refractivity contribution in [1.82, 2.24) is 10.3 Å². The smallest absolute Gasteiger partial charge is 0.223 e. The highest BCUT2D eigenvalue weighted by molar-refractivity contribution is 7.17. The monoisotopic (exact) mass is 445 g/mol. The molecule has 2 aromatic carbocycles. The minimum atomic E-state index is -0.265. The summed E-state index contributed by atoms with van der Waals surface area (Å²) in [6.07, 6.45) is 1.62. The quantitative estimate of drug-likeness (QED) is 0.433. The van der Waals surface area contributed by atoms with Gasteiger partial charge >= 0.3 is 0 Å². The van der Waals surface area contributed by atoms with Gasteiger partial charge in [0, 0.05) is 31.1 Å². The SMILES string of the molecule is O=C(NCc1ccc(F)cc1)C1CCN(c2cc(-c3ccccc3)nc3ccsc23)CC1. The number of halogens is 1. The lowest BCUT2D eigenvalue weighted by atomic mass is 9.95. The van der Waals surface area contributed by atoms with Gasteiger partial charge < -0.3 is 10.2 Å². The Labute approximate surface area is 190 Å². The lowest BCUT2D eigenvalue weighted by Gasteiger charge is -2.33. The number of amides is 1. The number of nitrogens with one attached hydrogen (secondary N) is 1. The van der Waals surface area contributed by atoms with E-state index in [-0.39, 0.29) is 17.6 Å². The van der Waals surface area contributed by atoms with E-state index in [1.54, 1.807) is 23.5 Å². The number of carbonyl (C=O) groups excluding carboxylic acids is 1. The number of piperidine rings is 1. The third-order valence-corrected chi connectivity index (χ3v) is 6.97. The lowest BCUT2D eigenvalue weighted by molar-refractivity contribution is -0.125. The molecule has 4 nitrogen and oxygen atoms in total. The molecule has 0 saturated carbocycles. The Balaban J connectivity index is 1.27. The van der Waals surface area contributed by atoms with E-state index in [2.05, 4.69) is 39.9 Å². The molecule has 2 aromatic heterocycles. The number of nitrogens with zero attached hydrogens (tertiary/aromatic N) is 2. The van der Waals surface area contributed by atoms with Crippen molar-refractivity contribution >= 4 is 33.1 Å². The summed E-state index contributed by atoms with van der Waals surface area (Å²) in [6, 6.07) is 20.8. The molecule has 0 unspecified atom stereocenters. The Bertz CT molecular complexity index is 1220. The number of thiophene rings is 1. The van der Waals surface area contributed by atoms with E-state index >= 15 is 0 Å². The molecule has 1 aliphatic heterocycles. The van der Waals surface area contributed by atoms with Gasteiger partial charge in [0.05, 0.1) is 21.6 Å². The van der Waals surface area contributed by atoms with Crippen LogP contribution in [0.5, 0.6) is 0 Å². The van der Waals surface area contributed by atoms with Gasteiger partial charge in [-0.1, -0.05) is 42.5 Å². The molecule has 0 aliphatic carbocycles. The molecule has 1 saturated heterocycles. The van der Waals surface area contributed by atoms with Gasteiger partial charge in [-0.3, -0.25) is 4.79 Å². The zero-order valence-electron chi connectivity index (χ0n) is 17.6. The van der Waals surface area contributed by atoms with E-state index in [1.807, 2.05) is 18.2 Å². The number of pyridine rings is 1. The van der Waals surface area contributed by atoms with Gasteiger partial charge in [0.25, 0.3) is 0 Å². The van der Waals surface area contributed by atoms with Gasteiger partial charge in [-0.15, -0.1) is 11.3 Å². The number of anilines is 1. The summed E-state index contributed by atoms with van der Waals surface area (Å²) in [4.78, 5) is 19.9. The lowest BCUT2D eigenvalue weighted by Crippen LogP contribution is -2.40. The van der Waals surface area contributed by atoms with Gasteiger partial charge in [0.1, 0.15) is 5.82 Å². The van der Waals surface area contributed by atoms with Crippen LogP contribution in [-0.4, -0.2) is 24.0 Å². The Morgan fingerprint density at radius 2 is 1.81 bits per heavy atom. The number of aromatic nitrogens is 1. The van der Waals surface area contributed by atoms with Crippen LogP contribution in [-0.2, 0) is 11.3 Å². The van der Waals surface area contributed by atoms with Crippen molar-refractivity contribution < 1.29 is 9.18 Å². The minimum Gasteiger partial charge on any atom is -0.370 e. The van der Waals surface area contributed by atoms with E-state index < -0.39 is 0 Å². The fraction of sp³-hybridized carbons (Fsp3) is 0.231. The number of fused-ring (bicyclic) bond motifs is 1. The van der Waals surface area contributed by atoms with E-state index in [9.17, 15) is 9.18 Å². The predicted molar refractivity (Wildman–Crippen MR) is 128 cm³/mol. The fourth-order valence-electron chi connectivity index (χ4n) is 4.25. The van der Waals surface area contributed by atoms with E-state index in [0.717, 1.165) is 48.3 Å². The average Bonchev–Trinajstić information content (AvgIpc) is 3.32. The van der Waals surface area contributed by atoms with Gasteiger partial charge in [-0.05, 0) is 48.1 Å². The van der Waals surface area contributed by atoms with Crippen molar-refractivity contribution in [2.45, 2.75) is 19.4 Å². The normalized spacial score (nSPS) is 14.6. The first kappa shape index (κ1) is 20.6. The summed E-state index contributed by atoms with van der Waals surface area (Å²) in [6.45, 7) is 2.10. The Hall–Kier alpha value is -3.25. The van der Waals surface area contributed by atoms with Crippen molar-refractivity contribution in [2.75, 3.05) is 18.0 Å². The highest BCUT2D eigenvalue weighted by atomic mass is 32.1. The Morgan fingerprint density at radius 1 is 1.06 bits per heavy atom. The van der Waals surface area contributed by atoms with E-state index in [1.165, 1.54) is 22.5 Å². The second-order valence-electron chi connectivity index (χ2n) is 8.13. The number of rotatable bonds is 5. The zero-order chi connectivity index (χ0) is 21.9. The van der Waals surface area contributed by atoms with Crippen LogP contribution in [0.15, 0.2) is 72.1 Å². The van der Waals surface area contributed by atoms with Crippen molar-refractivity contribution in [3.05, 3.63) is 83.5 Å². The third-order valence-electron chi connectivity index (χ3n) is 6.05. The fourth-order valence-corrected chi connectivity index (χ4v) is 5.13. The second kappa shape index (κ2) is 9.09. The number of benzene rings is 2. The van der Waals surface area contributed by atoms with Crippen LogP contribution in [0.2, 0.25) is 0 Å². The standard InChI is InChI=1S/C26H24FN3OS/c27-21-8-6-18(7-9-21)17-28-26(31)20-10-13-30(14-11-20)24-16-23(19-4-2-1-3-5-19)29-22-12-15-32-25(22)24/h1-9,12,15-16,20H,10-11,13-14,17H2,(H,28,31). The van der Waals surface area contributed by atoms with Gasteiger partial charge in [-0.25, -0.2) is 9.37 Å². The molecular weight excluding hydrogens is 421 g/mol. The summed E-state index contributed by atoms with van der Waals surface area (Å²) in [5.74, 6) is -0.185. The van der Waals surface area contributed by atoms with Gasteiger partial charge in [-0.2, -0.15) is 0 Å². The maximum atomic E-state index is 13.1.